The van der Waals surface area contributed by atoms with Gasteiger partial charge in [0.2, 0.25) is 6.29 Å². The quantitative estimate of drug-likeness (QED) is 0.568. The predicted molar refractivity (Wildman–Crippen MR) is 91.7 cm³/mol. The molecule has 7 heteroatoms. The highest BCUT2D eigenvalue weighted by atomic mass is 16.7. The average molecular weight is 360 g/mol. The van der Waals surface area contributed by atoms with Gasteiger partial charge in [0, 0.05) is 11.1 Å². The van der Waals surface area contributed by atoms with Crippen LogP contribution in [-0.4, -0.2) is 64.0 Å². The lowest BCUT2D eigenvalue weighted by atomic mass is 9.98. The number of carbonyl (C=O) groups excluding carboxylic acids is 1. The maximum atomic E-state index is 11.5. The van der Waals surface area contributed by atoms with Crippen molar-refractivity contribution in [3.63, 3.8) is 0 Å². The van der Waals surface area contributed by atoms with E-state index in [9.17, 15) is 25.2 Å². The largest absolute Gasteiger partial charge is 0.461 e. The Kier molecular flexibility index (Phi) is 5.65. The Labute approximate surface area is 150 Å². The Morgan fingerprint density at radius 1 is 0.962 bits per heavy atom. The minimum Gasteiger partial charge on any atom is -0.461 e. The molecule has 1 heterocycles. The van der Waals surface area contributed by atoms with Gasteiger partial charge in [-0.2, -0.15) is 0 Å². The lowest BCUT2D eigenvalue weighted by Gasteiger charge is -2.39. The molecule has 0 aromatic heterocycles. The van der Waals surface area contributed by atoms with Crippen LogP contribution in [0.25, 0.3) is 11.1 Å². The number of ether oxygens (including phenoxy) is 2. The molecular weight excluding hydrogens is 340 g/mol. The third-order valence-electron chi connectivity index (χ3n) is 4.34. The summed E-state index contributed by atoms with van der Waals surface area (Å²) in [5.74, 6) is 0.269. The number of aldehydes is 1. The molecule has 0 radical (unpaired) electrons. The summed E-state index contributed by atoms with van der Waals surface area (Å²) in [7, 11) is 0. The summed E-state index contributed by atoms with van der Waals surface area (Å²) in [5, 5.41) is 39.2. The summed E-state index contributed by atoms with van der Waals surface area (Å²) in [6.45, 7) is -0.551. The van der Waals surface area contributed by atoms with Crippen LogP contribution in [0, 0.1) is 0 Å². The fraction of sp³-hybridized carbons (Fsp3) is 0.316. The second-order valence-corrected chi connectivity index (χ2v) is 6.02. The first kappa shape index (κ1) is 18.5. The van der Waals surface area contributed by atoms with Gasteiger partial charge in [0.25, 0.3) is 0 Å². The Bertz CT molecular complexity index is 747. The molecule has 138 valence electrons. The number of hydrogen-bond donors (Lipinski definition) is 4. The van der Waals surface area contributed by atoms with E-state index in [0.717, 1.165) is 5.56 Å². The van der Waals surface area contributed by atoms with Gasteiger partial charge in [0.05, 0.1) is 6.61 Å². The third kappa shape index (κ3) is 3.48. The summed E-state index contributed by atoms with van der Waals surface area (Å²) in [5.41, 5.74) is 1.63. The number of carbonyl (C=O) groups is 1. The first-order chi connectivity index (χ1) is 12.6. The van der Waals surface area contributed by atoms with Crippen molar-refractivity contribution in [3.8, 4) is 16.9 Å². The van der Waals surface area contributed by atoms with Crippen LogP contribution < -0.4 is 4.74 Å². The molecule has 2 aromatic carbocycles. The highest BCUT2D eigenvalue weighted by Gasteiger charge is 2.44. The van der Waals surface area contributed by atoms with Crippen molar-refractivity contribution in [2.24, 2.45) is 0 Å². The highest BCUT2D eigenvalue weighted by Crippen LogP contribution is 2.35. The molecule has 0 aliphatic carbocycles. The van der Waals surface area contributed by atoms with Gasteiger partial charge >= 0.3 is 0 Å². The molecule has 1 fully saturated rings. The lowest BCUT2D eigenvalue weighted by Crippen LogP contribution is -2.60. The summed E-state index contributed by atoms with van der Waals surface area (Å²) in [4.78, 5) is 11.5. The molecule has 5 atom stereocenters. The van der Waals surface area contributed by atoms with Crippen LogP contribution in [0.3, 0.4) is 0 Å². The van der Waals surface area contributed by atoms with E-state index in [-0.39, 0.29) is 5.75 Å². The lowest BCUT2D eigenvalue weighted by molar-refractivity contribution is -0.277. The van der Waals surface area contributed by atoms with Crippen LogP contribution in [0.1, 0.15) is 10.4 Å². The second kappa shape index (κ2) is 7.94. The van der Waals surface area contributed by atoms with Gasteiger partial charge in [-0.3, -0.25) is 4.79 Å². The van der Waals surface area contributed by atoms with Crippen LogP contribution in [0.4, 0.5) is 0 Å². The summed E-state index contributed by atoms with van der Waals surface area (Å²) < 4.78 is 11.1. The molecule has 5 unspecified atom stereocenters. The highest BCUT2D eigenvalue weighted by molar-refractivity contribution is 5.90. The Hall–Kier alpha value is -2.29. The maximum Gasteiger partial charge on any atom is 0.229 e. The third-order valence-corrected chi connectivity index (χ3v) is 4.34. The van der Waals surface area contributed by atoms with Crippen molar-refractivity contribution >= 4 is 6.29 Å². The molecule has 1 aliphatic heterocycles. The molecule has 1 saturated heterocycles. The van der Waals surface area contributed by atoms with Gasteiger partial charge in [0.1, 0.15) is 30.2 Å². The Morgan fingerprint density at radius 3 is 2.35 bits per heavy atom. The van der Waals surface area contributed by atoms with E-state index < -0.39 is 37.3 Å². The topological polar surface area (TPSA) is 116 Å². The van der Waals surface area contributed by atoms with Crippen molar-refractivity contribution in [2.75, 3.05) is 6.61 Å². The van der Waals surface area contributed by atoms with Gasteiger partial charge < -0.3 is 29.9 Å². The zero-order valence-corrected chi connectivity index (χ0v) is 13.8. The van der Waals surface area contributed by atoms with Gasteiger partial charge in [0.15, 0.2) is 6.29 Å². The van der Waals surface area contributed by atoms with E-state index in [1.807, 2.05) is 30.3 Å². The van der Waals surface area contributed by atoms with Crippen LogP contribution in [-0.2, 0) is 4.74 Å². The van der Waals surface area contributed by atoms with Crippen molar-refractivity contribution in [1.82, 2.24) is 0 Å². The number of aliphatic hydroxyl groups is 4. The van der Waals surface area contributed by atoms with E-state index in [2.05, 4.69) is 0 Å². The summed E-state index contributed by atoms with van der Waals surface area (Å²) in [6.07, 6.45) is -6.24. The monoisotopic (exact) mass is 360 g/mol. The fourth-order valence-corrected chi connectivity index (χ4v) is 2.95. The molecule has 4 N–H and O–H groups in total. The predicted octanol–water partition coefficient (Wildman–Crippen LogP) is 0.345. The number of aliphatic hydroxyl groups excluding tert-OH is 4. The van der Waals surface area contributed by atoms with Crippen LogP contribution in [0.5, 0.6) is 5.75 Å². The van der Waals surface area contributed by atoms with Crippen molar-refractivity contribution in [2.45, 2.75) is 30.7 Å². The first-order valence-electron chi connectivity index (χ1n) is 8.17. The molecule has 3 rings (SSSR count). The number of rotatable bonds is 5. The van der Waals surface area contributed by atoms with Gasteiger partial charge in [-0.1, -0.05) is 42.5 Å². The van der Waals surface area contributed by atoms with Crippen molar-refractivity contribution in [3.05, 3.63) is 54.1 Å². The van der Waals surface area contributed by atoms with Crippen molar-refractivity contribution in [1.29, 1.82) is 0 Å². The molecule has 0 amide bonds. The second-order valence-electron chi connectivity index (χ2n) is 6.02. The van der Waals surface area contributed by atoms with Crippen LogP contribution in [0.15, 0.2) is 48.5 Å². The standard InChI is InChI=1S/C19H20O7/c20-9-12-7-4-8-13(15(12)11-5-2-1-3-6-11)25-19-18(24)17(23)16(22)14(10-21)26-19/h1-9,14,16-19,21-24H,10H2. The van der Waals surface area contributed by atoms with Gasteiger partial charge in [-0.25, -0.2) is 0 Å². The minimum absolute atomic E-state index is 0.269. The van der Waals surface area contributed by atoms with Crippen LogP contribution >= 0.6 is 0 Å². The Balaban J connectivity index is 1.96. The van der Waals surface area contributed by atoms with Crippen LogP contribution in [0.2, 0.25) is 0 Å². The number of benzene rings is 2. The zero-order chi connectivity index (χ0) is 18.7. The van der Waals surface area contributed by atoms with E-state index in [4.69, 9.17) is 9.47 Å². The van der Waals surface area contributed by atoms with Crippen molar-refractivity contribution < 1.29 is 34.7 Å². The molecular formula is C19H20O7. The SMILES string of the molecule is O=Cc1cccc(OC2OC(CO)C(O)C(O)C2O)c1-c1ccccc1. The molecule has 2 aromatic rings. The normalized spacial score (nSPS) is 28.5. The molecule has 26 heavy (non-hydrogen) atoms. The number of hydrogen-bond acceptors (Lipinski definition) is 7. The average Bonchev–Trinajstić information content (AvgIpc) is 2.68. The van der Waals surface area contributed by atoms with Gasteiger partial charge in [-0.05, 0) is 11.6 Å². The molecule has 0 saturated carbocycles. The van der Waals surface area contributed by atoms with E-state index >= 15 is 0 Å². The molecule has 0 spiro atoms. The minimum atomic E-state index is -1.54. The molecule has 0 bridgehead atoms. The fourth-order valence-electron chi connectivity index (χ4n) is 2.95. The van der Waals surface area contributed by atoms with E-state index in [1.54, 1.807) is 18.2 Å². The van der Waals surface area contributed by atoms with E-state index in [0.29, 0.717) is 17.4 Å². The smallest absolute Gasteiger partial charge is 0.229 e. The molecule has 7 nitrogen and oxygen atoms in total. The molecule has 1 aliphatic rings. The summed E-state index contributed by atoms with van der Waals surface area (Å²) >= 11 is 0. The Morgan fingerprint density at radius 2 is 1.69 bits per heavy atom. The van der Waals surface area contributed by atoms with E-state index in [1.165, 1.54) is 0 Å². The maximum absolute atomic E-state index is 11.5. The summed E-state index contributed by atoms with van der Waals surface area (Å²) in [6, 6.07) is 13.9. The van der Waals surface area contributed by atoms with Gasteiger partial charge in [-0.15, -0.1) is 0 Å². The first-order valence-corrected chi connectivity index (χ1v) is 8.17. The zero-order valence-electron chi connectivity index (χ0n) is 13.8.